The van der Waals surface area contributed by atoms with Crippen molar-refractivity contribution in [3.63, 3.8) is 0 Å². The zero-order valence-electron chi connectivity index (χ0n) is 12.3. The maximum absolute atomic E-state index is 5.61. The minimum absolute atomic E-state index is 0.192. The summed E-state index contributed by atoms with van der Waals surface area (Å²) in [5.41, 5.74) is 1.92. The molecule has 0 amide bonds. The van der Waals surface area contributed by atoms with Crippen LogP contribution in [0.15, 0.2) is 30.7 Å². The van der Waals surface area contributed by atoms with Gasteiger partial charge in [-0.1, -0.05) is 0 Å². The van der Waals surface area contributed by atoms with Crippen LogP contribution in [0.25, 0.3) is 5.65 Å². The minimum Gasteiger partial charge on any atom is -0.379 e. The van der Waals surface area contributed by atoms with E-state index >= 15 is 0 Å². The summed E-state index contributed by atoms with van der Waals surface area (Å²) < 4.78 is 9.36. The van der Waals surface area contributed by atoms with Crippen molar-refractivity contribution in [1.29, 1.82) is 0 Å². The molecular formula is C14H17N7O. The lowest BCUT2D eigenvalue weighted by Gasteiger charge is -2.34. The molecule has 0 spiro atoms. The minimum atomic E-state index is 0.192. The highest BCUT2D eigenvalue weighted by Crippen LogP contribution is 2.24. The molecule has 22 heavy (non-hydrogen) atoms. The van der Waals surface area contributed by atoms with E-state index in [0.717, 1.165) is 24.6 Å². The molecule has 8 nitrogen and oxygen atoms in total. The van der Waals surface area contributed by atoms with Crippen LogP contribution in [0, 0.1) is 0 Å². The van der Waals surface area contributed by atoms with E-state index in [1.165, 1.54) is 5.69 Å². The summed E-state index contributed by atoms with van der Waals surface area (Å²) in [6.45, 7) is 4.96. The lowest BCUT2D eigenvalue weighted by Crippen LogP contribution is -2.40. The van der Waals surface area contributed by atoms with E-state index in [0.29, 0.717) is 13.2 Å². The number of hydrogen-bond donors (Lipinski definition) is 0. The van der Waals surface area contributed by atoms with Gasteiger partial charge in [0.25, 0.3) is 0 Å². The molecular weight excluding hydrogens is 282 g/mol. The second-order valence-electron chi connectivity index (χ2n) is 5.29. The fourth-order valence-corrected chi connectivity index (χ4v) is 2.83. The maximum Gasteiger partial charge on any atom is 0.177 e. The van der Waals surface area contributed by atoms with Crippen LogP contribution < -0.4 is 4.90 Å². The Morgan fingerprint density at radius 3 is 3.18 bits per heavy atom. The molecule has 0 aromatic carbocycles. The van der Waals surface area contributed by atoms with E-state index in [1.54, 1.807) is 10.8 Å². The Bertz CT molecular complexity index is 780. The van der Waals surface area contributed by atoms with Crippen molar-refractivity contribution in [3.05, 3.63) is 36.4 Å². The molecule has 0 aliphatic carbocycles. The third-order valence-corrected chi connectivity index (χ3v) is 3.87. The van der Waals surface area contributed by atoms with Crippen LogP contribution in [0.5, 0.6) is 0 Å². The summed E-state index contributed by atoms with van der Waals surface area (Å²) in [7, 11) is 0. The van der Waals surface area contributed by atoms with Crippen molar-refractivity contribution in [3.8, 4) is 0 Å². The second kappa shape index (κ2) is 5.38. The molecule has 4 heterocycles. The number of rotatable bonds is 4. The number of anilines is 1. The Labute approximate surface area is 127 Å². The Hall–Kier alpha value is -2.48. The van der Waals surface area contributed by atoms with Gasteiger partial charge < -0.3 is 9.64 Å². The van der Waals surface area contributed by atoms with Gasteiger partial charge in [0, 0.05) is 19.3 Å². The highest BCUT2D eigenvalue weighted by molar-refractivity contribution is 5.45. The predicted molar refractivity (Wildman–Crippen MR) is 79.6 cm³/mol. The average molecular weight is 299 g/mol. The standard InChI is InChI=1S/C14H17N7O/c1-2-22-9-12-8-19(7-11-5-6-16-21(11)12)14-4-3-13-17-15-10-20(13)18-14/h3-6,10,12H,2,7-9H2,1H3/t12-/m1/s1. The fourth-order valence-electron chi connectivity index (χ4n) is 2.83. The van der Waals surface area contributed by atoms with Crippen LogP contribution in [0.1, 0.15) is 18.7 Å². The number of fused-ring (bicyclic) bond motifs is 2. The summed E-state index contributed by atoms with van der Waals surface area (Å²) in [6, 6.07) is 6.15. The van der Waals surface area contributed by atoms with Gasteiger partial charge in [-0.25, -0.2) is 0 Å². The van der Waals surface area contributed by atoms with E-state index in [2.05, 4.69) is 30.0 Å². The van der Waals surface area contributed by atoms with Gasteiger partial charge in [-0.2, -0.15) is 9.61 Å². The smallest absolute Gasteiger partial charge is 0.177 e. The molecule has 0 bridgehead atoms. The predicted octanol–water partition coefficient (Wildman–Crippen LogP) is 0.919. The van der Waals surface area contributed by atoms with Crippen molar-refractivity contribution >= 4 is 11.5 Å². The molecule has 0 saturated heterocycles. The highest BCUT2D eigenvalue weighted by Gasteiger charge is 2.26. The molecule has 114 valence electrons. The number of aromatic nitrogens is 6. The molecule has 3 aromatic heterocycles. The largest absolute Gasteiger partial charge is 0.379 e. The first-order valence-electron chi connectivity index (χ1n) is 7.37. The molecule has 0 fully saturated rings. The molecule has 1 aliphatic heterocycles. The Kier molecular flexibility index (Phi) is 3.23. The number of ether oxygens (including phenoxy) is 1. The lowest BCUT2D eigenvalue weighted by atomic mass is 10.2. The van der Waals surface area contributed by atoms with Gasteiger partial charge in [-0.05, 0) is 25.1 Å². The van der Waals surface area contributed by atoms with Crippen molar-refractivity contribution in [2.45, 2.75) is 19.5 Å². The molecule has 0 unspecified atom stereocenters. The van der Waals surface area contributed by atoms with Crippen LogP contribution in [-0.4, -0.2) is 49.4 Å². The topological polar surface area (TPSA) is 73.4 Å². The van der Waals surface area contributed by atoms with Gasteiger partial charge in [0.15, 0.2) is 5.65 Å². The highest BCUT2D eigenvalue weighted by atomic mass is 16.5. The Balaban J connectivity index is 1.65. The van der Waals surface area contributed by atoms with Gasteiger partial charge in [-0.3, -0.25) is 4.68 Å². The monoisotopic (exact) mass is 299 g/mol. The van der Waals surface area contributed by atoms with E-state index in [4.69, 9.17) is 4.74 Å². The first kappa shape index (κ1) is 13.2. The van der Waals surface area contributed by atoms with Crippen LogP contribution in [0.4, 0.5) is 5.82 Å². The third kappa shape index (κ3) is 2.21. The average Bonchev–Trinajstić information content (AvgIpc) is 3.20. The lowest BCUT2D eigenvalue weighted by molar-refractivity contribution is 0.106. The quantitative estimate of drug-likeness (QED) is 0.713. The van der Waals surface area contributed by atoms with Gasteiger partial charge in [0.1, 0.15) is 12.1 Å². The molecule has 1 aliphatic rings. The molecule has 3 aromatic rings. The van der Waals surface area contributed by atoms with Crippen LogP contribution >= 0.6 is 0 Å². The zero-order valence-corrected chi connectivity index (χ0v) is 12.3. The van der Waals surface area contributed by atoms with Crippen molar-refractivity contribution in [2.75, 3.05) is 24.7 Å². The van der Waals surface area contributed by atoms with Crippen molar-refractivity contribution in [2.24, 2.45) is 0 Å². The van der Waals surface area contributed by atoms with Crippen molar-refractivity contribution < 1.29 is 4.74 Å². The Morgan fingerprint density at radius 2 is 2.27 bits per heavy atom. The molecule has 1 atom stereocenters. The Morgan fingerprint density at radius 1 is 1.32 bits per heavy atom. The van der Waals surface area contributed by atoms with E-state index < -0.39 is 0 Å². The number of hydrogen-bond acceptors (Lipinski definition) is 6. The van der Waals surface area contributed by atoms with E-state index in [-0.39, 0.29) is 6.04 Å². The first-order chi connectivity index (χ1) is 10.8. The summed E-state index contributed by atoms with van der Waals surface area (Å²) in [6.07, 6.45) is 3.46. The molecule has 0 radical (unpaired) electrons. The summed E-state index contributed by atoms with van der Waals surface area (Å²) in [5, 5.41) is 16.9. The normalized spacial score (nSPS) is 17.9. The van der Waals surface area contributed by atoms with Gasteiger partial charge in [0.2, 0.25) is 0 Å². The zero-order chi connectivity index (χ0) is 14.9. The molecule has 8 heteroatoms. The maximum atomic E-state index is 5.61. The third-order valence-electron chi connectivity index (χ3n) is 3.87. The van der Waals surface area contributed by atoms with E-state index in [1.807, 2.05) is 31.3 Å². The number of nitrogens with zero attached hydrogens (tertiary/aromatic N) is 7. The molecule has 0 N–H and O–H groups in total. The fraction of sp³-hybridized carbons (Fsp3) is 0.429. The summed E-state index contributed by atoms with van der Waals surface area (Å²) >= 11 is 0. The van der Waals surface area contributed by atoms with Crippen molar-refractivity contribution in [1.82, 2.24) is 29.6 Å². The summed E-state index contributed by atoms with van der Waals surface area (Å²) in [4.78, 5) is 2.24. The van der Waals surface area contributed by atoms with Gasteiger partial charge in [0.05, 0.1) is 24.9 Å². The van der Waals surface area contributed by atoms with E-state index in [9.17, 15) is 0 Å². The first-order valence-corrected chi connectivity index (χ1v) is 7.37. The van der Waals surface area contributed by atoms with Gasteiger partial charge >= 0.3 is 0 Å². The van der Waals surface area contributed by atoms with Crippen LogP contribution in [0.3, 0.4) is 0 Å². The molecule has 0 saturated carbocycles. The second-order valence-corrected chi connectivity index (χ2v) is 5.29. The SMILES string of the molecule is CCOC[C@H]1CN(c2ccc3nncn3n2)Cc2ccnn21. The van der Waals surface area contributed by atoms with Crippen LogP contribution in [0.2, 0.25) is 0 Å². The van der Waals surface area contributed by atoms with Crippen LogP contribution in [-0.2, 0) is 11.3 Å². The molecule has 4 rings (SSSR count). The van der Waals surface area contributed by atoms with Gasteiger partial charge in [-0.15, -0.1) is 15.3 Å². The summed E-state index contributed by atoms with van der Waals surface area (Å²) in [5.74, 6) is 0.904.